The van der Waals surface area contributed by atoms with E-state index < -0.39 is 16.1 Å². The number of nitrogens with one attached hydrogen (secondary N) is 2. The predicted octanol–water partition coefficient (Wildman–Crippen LogP) is 2.03. The Morgan fingerprint density at radius 3 is 2.48 bits per heavy atom. The topological polar surface area (TPSA) is 93.7 Å². The zero-order chi connectivity index (χ0) is 19.4. The molecule has 1 aliphatic rings. The summed E-state index contributed by atoms with van der Waals surface area (Å²) in [6.45, 7) is 4.02. The first-order valence-electron chi connectivity index (χ1n) is 8.60. The van der Waals surface area contributed by atoms with Crippen molar-refractivity contribution in [2.45, 2.75) is 31.3 Å². The number of hydrogen-bond donors (Lipinski definition) is 2. The predicted molar refractivity (Wildman–Crippen MR) is 99.8 cm³/mol. The summed E-state index contributed by atoms with van der Waals surface area (Å²) in [5.74, 6) is 0.690. The lowest BCUT2D eigenvalue weighted by molar-refractivity contribution is -0.123. The maximum absolute atomic E-state index is 12.6. The molecule has 8 heteroatoms. The number of benzene rings is 2. The number of hydrogen-bond acceptors (Lipinski definition) is 5. The molecule has 1 unspecified atom stereocenters. The lowest BCUT2D eigenvalue weighted by Gasteiger charge is -2.21. The van der Waals surface area contributed by atoms with Gasteiger partial charge in [0, 0.05) is 6.54 Å². The number of carbonyl (C=O) groups excluding carboxylic acids is 1. The van der Waals surface area contributed by atoms with E-state index in [0.717, 1.165) is 5.56 Å². The van der Waals surface area contributed by atoms with Crippen LogP contribution in [0.1, 0.15) is 19.4 Å². The van der Waals surface area contributed by atoms with Crippen molar-refractivity contribution in [1.82, 2.24) is 10.0 Å². The Balaban J connectivity index is 1.67. The Hall–Kier alpha value is -2.58. The van der Waals surface area contributed by atoms with Crippen LogP contribution in [0.5, 0.6) is 11.5 Å². The van der Waals surface area contributed by atoms with E-state index in [2.05, 4.69) is 10.0 Å². The highest BCUT2D eigenvalue weighted by molar-refractivity contribution is 7.89. The van der Waals surface area contributed by atoms with Crippen molar-refractivity contribution in [2.24, 2.45) is 5.92 Å². The molecule has 27 heavy (non-hydrogen) atoms. The molecule has 0 bridgehead atoms. The molecule has 1 amide bonds. The normalized spacial score (nSPS) is 14.2. The molecule has 0 spiro atoms. The quantitative estimate of drug-likeness (QED) is 0.755. The summed E-state index contributed by atoms with van der Waals surface area (Å²) in [4.78, 5) is 12.7. The van der Waals surface area contributed by atoms with Crippen molar-refractivity contribution in [3.8, 4) is 11.5 Å². The van der Waals surface area contributed by atoms with Crippen molar-refractivity contribution in [1.29, 1.82) is 0 Å². The van der Waals surface area contributed by atoms with Crippen LogP contribution in [0.2, 0.25) is 0 Å². The van der Waals surface area contributed by atoms with E-state index >= 15 is 0 Å². The van der Waals surface area contributed by atoms with Gasteiger partial charge in [0.2, 0.25) is 22.7 Å². The largest absolute Gasteiger partial charge is 0.454 e. The van der Waals surface area contributed by atoms with Gasteiger partial charge in [-0.15, -0.1) is 0 Å². The van der Waals surface area contributed by atoms with E-state index in [1.165, 1.54) is 12.1 Å². The van der Waals surface area contributed by atoms with Crippen molar-refractivity contribution in [3.63, 3.8) is 0 Å². The molecule has 7 nitrogen and oxygen atoms in total. The molecule has 0 aliphatic carbocycles. The van der Waals surface area contributed by atoms with E-state index in [9.17, 15) is 13.2 Å². The van der Waals surface area contributed by atoms with Crippen LogP contribution in [0.4, 0.5) is 0 Å². The Morgan fingerprint density at radius 2 is 1.78 bits per heavy atom. The van der Waals surface area contributed by atoms with Crippen LogP contribution >= 0.6 is 0 Å². The zero-order valence-electron chi connectivity index (χ0n) is 15.1. The molecule has 2 aromatic carbocycles. The van der Waals surface area contributed by atoms with Crippen LogP contribution < -0.4 is 19.5 Å². The molecule has 2 aromatic rings. The molecular formula is C19H22N2O5S. The van der Waals surface area contributed by atoms with E-state index in [1.54, 1.807) is 44.2 Å². The van der Waals surface area contributed by atoms with Gasteiger partial charge >= 0.3 is 0 Å². The van der Waals surface area contributed by atoms with Gasteiger partial charge in [0.1, 0.15) is 6.04 Å². The van der Waals surface area contributed by atoms with E-state index in [0.29, 0.717) is 11.5 Å². The van der Waals surface area contributed by atoms with Gasteiger partial charge in [0.25, 0.3) is 0 Å². The monoisotopic (exact) mass is 390 g/mol. The SMILES string of the molecule is CC(C)C(NS(=O)(=O)c1ccccc1)C(=O)NCc1ccc2c(c1)OCO2. The molecule has 2 N–H and O–H groups in total. The fourth-order valence-corrected chi connectivity index (χ4v) is 4.04. The number of sulfonamides is 1. The molecule has 0 saturated heterocycles. The highest BCUT2D eigenvalue weighted by atomic mass is 32.2. The summed E-state index contributed by atoms with van der Waals surface area (Å²) in [6.07, 6.45) is 0. The lowest BCUT2D eigenvalue weighted by atomic mass is 10.0. The average molecular weight is 390 g/mol. The third-order valence-electron chi connectivity index (χ3n) is 4.19. The summed E-state index contributed by atoms with van der Waals surface area (Å²) in [5, 5.41) is 2.78. The summed E-state index contributed by atoms with van der Waals surface area (Å²) in [5.41, 5.74) is 0.834. The van der Waals surface area contributed by atoms with Crippen molar-refractivity contribution in [2.75, 3.05) is 6.79 Å². The summed E-state index contributed by atoms with van der Waals surface area (Å²) < 4.78 is 38.1. The second kappa shape index (κ2) is 7.98. The van der Waals surface area contributed by atoms with Gasteiger partial charge < -0.3 is 14.8 Å². The second-order valence-electron chi connectivity index (χ2n) is 6.56. The highest BCUT2D eigenvalue weighted by Gasteiger charge is 2.28. The fraction of sp³-hybridized carbons (Fsp3) is 0.316. The van der Waals surface area contributed by atoms with Crippen LogP contribution in [0, 0.1) is 5.92 Å². The summed E-state index contributed by atoms with van der Waals surface area (Å²) in [6, 6.07) is 12.5. The zero-order valence-corrected chi connectivity index (χ0v) is 16.0. The maximum Gasteiger partial charge on any atom is 0.241 e. The van der Waals surface area contributed by atoms with Gasteiger partial charge in [-0.3, -0.25) is 4.79 Å². The molecule has 1 atom stereocenters. The van der Waals surface area contributed by atoms with Crippen molar-refractivity contribution >= 4 is 15.9 Å². The lowest BCUT2D eigenvalue weighted by Crippen LogP contribution is -2.49. The van der Waals surface area contributed by atoms with Crippen molar-refractivity contribution in [3.05, 3.63) is 54.1 Å². The molecule has 144 valence electrons. The molecule has 3 rings (SSSR count). The molecule has 0 radical (unpaired) electrons. The minimum Gasteiger partial charge on any atom is -0.454 e. The standard InChI is InChI=1S/C19H22N2O5S/c1-13(2)18(21-27(23,24)15-6-4-3-5-7-15)19(22)20-11-14-8-9-16-17(10-14)26-12-25-16/h3-10,13,18,21H,11-12H2,1-2H3,(H,20,22). The van der Waals surface area contributed by atoms with Gasteiger partial charge in [-0.05, 0) is 35.7 Å². The van der Waals surface area contributed by atoms with E-state index in [1.807, 2.05) is 6.07 Å². The van der Waals surface area contributed by atoms with Gasteiger partial charge in [-0.2, -0.15) is 4.72 Å². The number of ether oxygens (including phenoxy) is 2. The van der Waals surface area contributed by atoms with Crippen LogP contribution in [0.3, 0.4) is 0 Å². The third-order valence-corrected chi connectivity index (χ3v) is 5.65. The molecule has 0 fully saturated rings. The molecule has 0 saturated carbocycles. The summed E-state index contributed by atoms with van der Waals surface area (Å²) >= 11 is 0. The molecule has 1 heterocycles. The van der Waals surface area contributed by atoms with Crippen LogP contribution in [0.25, 0.3) is 0 Å². The summed E-state index contributed by atoms with van der Waals surface area (Å²) in [7, 11) is -3.79. The Morgan fingerprint density at radius 1 is 1.07 bits per heavy atom. The first-order chi connectivity index (χ1) is 12.9. The molecule has 0 aromatic heterocycles. The van der Waals surface area contributed by atoms with Gasteiger partial charge in [-0.25, -0.2) is 8.42 Å². The number of carbonyl (C=O) groups is 1. The van der Waals surface area contributed by atoms with E-state index in [4.69, 9.17) is 9.47 Å². The Labute approximate surface area is 158 Å². The third kappa shape index (κ3) is 4.58. The van der Waals surface area contributed by atoms with Gasteiger partial charge in [0.15, 0.2) is 11.5 Å². The Bertz CT molecular complexity index is 913. The minimum atomic E-state index is -3.79. The van der Waals surface area contributed by atoms with Gasteiger partial charge in [0.05, 0.1) is 4.90 Å². The van der Waals surface area contributed by atoms with Crippen LogP contribution in [-0.2, 0) is 21.4 Å². The van der Waals surface area contributed by atoms with Crippen molar-refractivity contribution < 1.29 is 22.7 Å². The smallest absolute Gasteiger partial charge is 0.241 e. The van der Waals surface area contributed by atoms with E-state index in [-0.39, 0.29) is 30.1 Å². The number of rotatable bonds is 7. The van der Waals surface area contributed by atoms with Crippen LogP contribution in [-0.4, -0.2) is 27.2 Å². The minimum absolute atomic E-state index is 0.124. The first kappa shape index (κ1) is 19.2. The average Bonchev–Trinajstić information content (AvgIpc) is 3.12. The molecular weight excluding hydrogens is 368 g/mol. The number of fused-ring (bicyclic) bond motifs is 1. The molecule has 1 aliphatic heterocycles. The first-order valence-corrected chi connectivity index (χ1v) is 10.1. The van der Waals surface area contributed by atoms with Crippen LogP contribution in [0.15, 0.2) is 53.4 Å². The Kier molecular flexibility index (Phi) is 5.67. The fourth-order valence-electron chi connectivity index (χ4n) is 2.68. The maximum atomic E-state index is 12.6. The number of amides is 1. The second-order valence-corrected chi connectivity index (χ2v) is 8.28. The highest BCUT2D eigenvalue weighted by Crippen LogP contribution is 2.32. The van der Waals surface area contributed by atoms with Gasteiger partial charge in [-0.1, -0.05) is 38.1 Å².